The second kappa shape index (κ2) is 19.1. The Morgan fingerprint density at radius 3 is 2.43 bits per heavy atom. The Bertz CT molecular complexity index is 701. The van der Waals surface area contributed by atoms with Gasteiger partial charge < -0.3 is 14.2 Å². The first-order valence-corrected chi connectivity index (χ1v) is 15.7. The minimum Gasteiger partial charge on any atom is -0.457 e. The van der Waals surface area contributed by atoms with Crippen molar-refractivity contribution >= 4 is 18.6 Å². The van der Waals surface area contributed by atoms with Crippen LogP contribution < -0.4 is 0 Å². The number of ether oxygens (including phenoxy) is 3. The summed E-state index contributed by atoms with van der Waals surface area (Å²) >= 11 is 3.92. The third-order valence-corrected chi connectivity index (χ3v) is 7.90. The van der Waals surface area contributed by atoms with E-state index in [0.717, 1.165) is 57.1 Å². The Labute approximate surface area is 233 Å². The normalized spacial score (nSPS) is 34.5. The predicted octanol–water partition coefficient (Wildman–Crippen LogP) is 8.41. The van der Waals surface area contributed by atoms with Crippen LogP contribution in [0.2, 0.25) is 0 Å². The van der Waals surface area contributed by atoms with Gasteiger partial charge in [0.2, 0.25) is 0 Å². The molecule has 0 spiro atoms. The molecule has 4 bridgehead atoms. The molecule has 0 aromatic carbocycles. The van der Waals surface area contributed by atoms with Crippen LogP contribution in [0.3, 0.4) is 0 Å². The molecular formula is C32H54O4S. The molecule has 0 radical (unpaired) electrons. The molecule has 37 heavy (non-hydrogen) atoms. The Hall–Kier alpha value is -1.04. The largest absolute Gasteiger partial charge is 0.457 e. The Kier molecular flexibility index (Phi) is 16.6. The summed E-state index contributed by atoms with van der Waals surface area (Å²) in [6.45, 7) is 8.71. The van der Waals surface area contributed by atoms with Crippen molar-refractivity contribution in [2.75, 3.05) is 5.75 Å². The summed E-state index contributed by atoms with van der Waals surface area (Å²) in [5, 5.41) is 0. The SMILES string of the molecule is CCCC/C=C\C=C\C1OC(=O)CC2CC(C)CC(CC3CCCC(CC/C=C/C1C)O3)O2.CCCS. The van der Waals surface area contributed by atoms with Gasteiger partial charge >= 0.3 is 5.97 Å². The number of thiol groups is 1. The molecule has 2 fully saturated rings. The topological polar surface area (TPSA) is 44.8 Å². The lowest BCUT2D eigenvalue weighted by molar-refractivity contribution is -0.157. The monoisotopic (exact) mass is 534 g/mol. The van der Waals surface area contributed by atoms with E-state index in [0.29, 0.717) is 24.5 Å². The van der Waals surface area contributed by atoms with Crippen molar-refractivity contribution < 1.29 is 19.0 Å². The smallest absolute Gasteiger partial charge is 0.309 e. The van der Waals surface area contributed by atoms with Crippen molar-refractivity contribution in [2.24, 2.45) is 11.8 Å². The highest BCUT2D eigenvalue weighted by Crippen LogP contribution is 2.33. The summed E-state index contributed by atoms with van der Waals surface area (Å²) in [5.41, 5.74) is 0. The number of hydrogen-bond acceptors (Lipinski definition) is 5. The van der Waals surface area contributed by atoms with Crippen LogP contribution in [0, 0.1) is 11.8 Å². The lowest BCUT2D eigenvalue weighted by Crippen LogP contribution is -2.38. The van der Waals surface area contributed by atoms with Crippen molar-refractivity contribution in [2.45, 2.75) is 142 Å². The molecule has 3 rings (SSSR count). The van der Waals surface area contributed by atoms with Gasteiger partial charge in [-0.2, -0.15) is 12.6 Å². The Morgan fingerprint density at radius 2 is 1.68 bits per heavy atom. The number of fused-ring (bicyclic) bond motifs is 4. The van der Waals surface area contributed by atoms with Gasteiger partial charge in [0.1, 0.15) is 6.10 Å². The molecule has 3 aliphatic heterocycles. The maximum absolute atomic E-state index is 12.9. The second-order valence-corrected chi connectivity index (χ2v) is 11.7. The third-order valence-electron chi connectivity index (χ3n) is 7.45. The minimum atomic E-state index is -0.260. The number of carbonyl (C=O) groups is 1. The summed E-state index contributed by atoms with van der Waals surface area (Å²) in [6.07, 6.45) is 26.8. The highest BCUT2D eigenvalue weighted by molar-refractivity contribution is 7.80. The van der Waals surface area contributed by atoms with Crippen LogP contribution in [-0.2, 0) is 19.0 Å². The highest BCUT2D eigenvalue weighted by Gasteiger charge is 2.33. The van der Waals surface area contributed by atoms with E-state index >= 15 is 0 Å². The van der Waals surface area contributed by atoms with Gasteiger partial charge in [-0.15, -0.1) is 0 Å². The van der Waals surface area contributed by atoms with Crippen molar-refractivity contribution in [3.05, 3.63) is 36.5 Å². The van der Waals surface area contributed by atoms with Crippen LogP contribution in [0.4, 0.5) is 0 Å². The van der Waals surface area contributed by atoms with Gasteiger partial charge in [-0.25, -0.2) is 0 Å². The standard InChI is InChI=1S/C29H46O4.C3H8S/c1-4-5-6-7-8-9-17-28-23(3)13-10-11-14-24-15-12-16-25(31-24)20-26-18-22(2)19-27(32-26)21-29(30)33-28;1-2-3-4/h7-10,13,17,22-28H,4-6,11-12,14-16,18-21H2,1-3H3;4H,2-3H2,1H3/b8-7-,13-10+,17-9+;. The zero-order valence-electron chi connectivity index (χ0n) is 24.0. The molecule has 0 aromatic rings. The van der Waals surface area contributed by atoms with Crippen molar-refractivity contribution in [3.8, 4) is 0 Å². The molecule has 3 aliphatic rings. The van der Waals surface area contributed by atoms with E-state index in [4.69, 9.17) is 14.2 Å². The molecule has 0 saturated carbocycles. The fourth-order valence-corrected chi connectivity index (χ4v) is 5.40. The first kappa shape index (κ1) is 32.2. The van der Waals surface area contributed by atoms with Crippen LogP contribution in [0.25, 0.3) is 0 Å². The van der Waals surface area contributed by atoms with Crippen LogP contribution >= 0.6 is 12.6 Å². The zero-order valence-corrected chi connectivity index (χ0v) is 24.9. The molecule has 5 heteroatoms. The average molecular weight is 535 g/mol. The number of rotatable bonds is 6. The van der Waals surface area contributed by atoms with Crippen molar-refractivity contribution in [1.82, 2.24) is 0 Å². The summed E-state index contributed by atoms with van der Waals surface area (Å²) in [4.78, 5) is 12.9. The summed E-state index contributed by atoms with van der Waals surface area (Å²) in [5.74, 6) is 1.55. The van der Waals surface area contributed by atoms with Crippen molar-refractivity contribution in [1.29, 1.82) is 0 Å². The maximum atomic E-state index is 12.9. The second-order valence-electron chi connectivity index (χ2n) is 11.2. The van der Waals surface area contributed by atoms with E-state index in [2.05, 4.69) is 64.6 Å². The number of allylic oxidation sites excluding steroid dienone is 4. The van der Waals surface area contributed by atoms with E-state index in [1.807, 2.05) is 12.2 Å². The van der Waals surface area contributed by atoms with Gasteiger partial charge in [0.25, 0.3) is 0 Å². The van der Waals surface area contributed by atoms with E-state index < -0.39 is 0 Å². The highest BCUT2D eigenvalue weighted by atomic mass is 32.1. The number of hydrogen-bond donors (Lipinski definition) is 1. The summed E-state index contributed by atoms with van der Waals surface area (Å²) in [7, 11) is 0. The number of esters is 1. The van der Waals surface area contributed by atoms with Gasteiger partial charge in [0, 0.05) is 5.92 Å². The van der Waals surface area contributed by atoms with Gasteiger partial charge in [-0.05, 0) is 82.0 Å². The molecule has 3 heterocycles. The van der Waals surface area contributed by atoms with E-state index in [9.17, 15) is 4.79 Å². The molecule has 0 aliphatic carbocycles. The first-order chi connectivity index (χ1) is 17.9. The fraction of sp³-hybridized carbons (Fsp3) is 0.781. The number of unbranched alkanes of at least 4 members (excludes halogenated alkanes) is 2. The summed E-state index contributed by atoms with van der Waals surface area (Å²) < 4.78 is 18.8. The molecule has 0 aromatic heterocycles. The average Bonchev–Trinajstić information content (AvgIpc) is 2.87. The molecular weight excluding hydrogens is 480 g/mol. The fourth-order valence-electron chi connectivity index (χ4n) is 5.40. The maximum Gasteiger partial charge on any atom is 0.309 e. The van der Waals surface area contributed by atoms with Gasteiger partial charge in [0.05, 0.1) is 30.8 Å². The first-order valence-electron chi connectivity index (χ1n) is 15.1. The zero-order chi connectivity index (χ0) is 26.9. The van der Waals surface area contributed by atoms with Crippen LogP contribution in [-0.4, -0.2) is 42.2 Å². The van der Waals surface area contributed by atoms with E-state index in [1.54, 1.807) is 0 Å². The van der Waals surface area contributed by atoms with Crippen LogP contribution in [0.15, 0.2) is 36.5 Å². The summed E-state index contributed by atoms with van der Waals surface area (Å²) in [6, 6.07) is 0. The third kappa shape index (κ3) is 13.5. The molecule has 0 amide bonds. The number of cyclic esters (lactones) is 1. The lowest BCUT2D eigenvalue weighted by atomic mass is 9.88. The molecule has 7 unspecified atom stereocenters. The van der Waals surface area contributed by atoms with Crippen LogP contribution in [0.1, 0.15) is 111 Å². The van der Waals surface area contributed by atoms with E-state index in [-0.39, 0.29) is 30.2 Å². The molecule has 0 N–H and O–H groups in total. The predicted molar refractivity (Wildman–Crippen MR) is 158 cm³/mol. The van der Waals surface area contributed by atoms with Gasteiger partial charge in [-0.1, -0.05) is 70.9 Å². The Balaban J connectivity index is 0.00000112. The molecule has 4 nitrogen and oxygen atoms in total. The van der Waals surface area contributed by atoms with Crippen molar-refractivity contribution in [3.63, 3.8) is 0 Å². The molecule has 212 valence electrons. The molecule has 7 atom stereocenters. The number of carbonyl (C=O) groups excluding carboxylic acids is 1. The van der Waals surface area contributed by atoms with Crippen LogP contribution in [0.5, 0.6) is 0 Å². The Morgan fingerprint density at radius 1 is 0.946 bits per heavy atom. The van der Waals surface area contributed by atoms with E-state index in [1.165, 1.54) is 25.7 Å². The van der Waals surface area contributed by atoms with Gasteiger partial charge in [-0.3, -0.25) is 4.79 Å². The minimum absolute atomic E-state index is 0.0528. The lowest BCUT2D eigenvalue weighted by Gasteiger charge is -2.37. The van der Waals surface area contributed by atoms with Gasteiger partial charge in [0.15, 0.2) is 0 Å². The quantitative estimate of drug-likeness (QED) is 0.122. The molecule has 2 saturated heterocycles.